The van der Waals surface area contributed by atoms with Gasteiger partial charge in [0.1, 0.15) is 12.4 Å². The first-order valence-electron chi connectivity index (χ1n) is 12.0. The van der Waals surface area contributed by atoms with E-state index in [1.54, 1.807) is 17.0 Å². The number of nitrogens with zero attached hydrogens (tertiary/aromatic N) is 2. The summed E-state index contributed by atoms with van der Waals surface area (Å²) in [5.41, 5.74) is 5.35. The van der Waals surface area contributed by atoms with Crippen molar-refractivity contribution in [3.05, 3.63) is 128 Å². The quantitative estimate of drug-likeness (QED) is 0.222. The summed E-state index contributed by atoms with van der Waals surface area (Å²) in [5, 5.41) is 1.72. The fourth-order valence-electron chi connectivity index (χ4n) is 4.10. The maximum Gasteiger partial charge on any atom is 0.271 e. The lowest BCUT2D eigenvalue weighted by atomic mass is 10.1. The molecule has 1 aliphatic heterocycles. The molecule has 7 heteroatoms. The predicted molar refractivity (Wildman–Crippen MR) is 160 cm³/mol. The predicted octanol–water partition coefficient (Wildman–Crippen LogP) is 9.00. The Hall–Kier alpha value is -3.51. The first-order chi connectivity index (χ1) is 18.4. The minimum absolute atomic E-state index is 0.137. The summed E-state index contributed by atoms with van der Waals surface area (Å²) in [6.45, 7) is 4.32. The van der Waals surface area contributed by atoms with Gasteiger partial charge in [0.2, 0.25) is 0 Å². The molecule has 1 heterocycles. The largest absolute Gasteiger partial charge is 0.488 e. The van der Waals surface area contributed by atoms with E-state index in [0.717, 1.165) is 33.6 Å². The van der Waals surface area contributed by atoms with Gasteiger partial charge in [-0.3, -0.25) is 9.69 Å². The second-order valence-electron chi connectivity index (χ2n) is 8.78. The second kappa shape index (κ2) is 11.5. The molecule has 0 bridgehead atoms. The molecule has 0 aromatic heterocycles. The van der Waals surface area contributed by atoms with Crippen LogP contribution in [-0.4, -0.2) is 11.1 Å². The number of halogens is 2. The molecule has 0 radical (unpaired) electrons. The van der Waals surface area contributed by atoms with E-state index in [1.807, 2.05) is 98.8 Å². The second-order valence-corrected chi connectivity index (χ2v) is 10.6. The Morgan fingerprint density at radius 1 is 0.895 bits per heavy atom. The van der Waals surface area contributed by atoms with Gasteiger partial charge in [-0.2, -0.15) is 0 Å². The number of ether oxygens (including phenoxy) is 1. The number of anilines is 1. The van der Waals surface area contributed by atoms with Crippen LogP contribution in [0.2, 0.25) is 10.0 Å². The van der Waals surface area contributed by atoms with Gasteiger partial charge >= 0.3 is 0 Å². The Morgan fingerprint density at radius 3 is 2.34 bits per heavy atom. The van der Waals surface area contributed by atoms with Crippen LogP contribution in [0.15, 0.2) is 101 Å². The molecule has 38 heavy (non-hydrogen) atoms. The van der Waals surface area contributed by atoms with Crippen LogP contribution in [0.25, 0.3) is 6.08 Å². The van der Waals surface area contributed by atoms with Crippen LogP contribution in [0.5, 0.6) is 5.75 Å². The van der Waals surface area contributed by atoms with Gasteiger partial charge in [0, 0.05) is 21.2 Å². The zero-order valence-electron chi connectivity index (χ0n) is 20.8. The van der Waals surface area contributed by atoms with Crippen LogP contribution in [-0.2, 0) is 11.4 Å². The highest BCUT2D eigenvalue weighted by Gasteiger charge is 2.35. The lowest BCUT2D eigenvalue weighted by Gasteiger charge is -2.16. The number of hydrogen-bond acceptors (Lipinski definition) is 4. The van der Waals surface area contributed by atoms with E-state index < -0.39 is 0 Å². The third-order valence-electron chi connectivity index (χ3n) is 6.07. The number of carbonyl (C=O) groups is 1. The summed E-state index contributed by atoms with van der Waals surface area (Å²) in [4.78, 5) is 20.9. The zero-order chi connectivity index (χ0) is 26.6. The number of benzene rings is 4. The number of rotatable bonds is 6. The number of amidine groups is 1. The van der Waals surface area contributed by atoms with Crippen molar-refractivity contribution in [2.75, 3.05) is 4.90 Å². The average molecular weight is 560 g/mol. The lowest BCUT2D eigenvalue weighted by molar-refractivity contribution is -0.113. The van der Waals surface area contributed by atoms with E-state index in [4.69, 9.17) is 32.9 Å². The molecule has 0 spiro atoms. The van der Waals surface area contributed by atoms with Crippen molar-refractivity contribution in [2.45, 2.75) is 20.5 Å². The van der Waals surface area contributed by atoms with Gasteiger partial charge in [-0.25, -0.2) is 4.99 Å². The van der Waals surface area contributed by atoms with E-state index in [9.17, 15) is 4.79 Å². The van der Waals surface area contributed by atoms with Gasteiger partial charge in [-0.15, -0.1) is 0 Å². The van der Waals surface area contributed by atoms with Crippen molar-refractivity contribution in [2.24, 2.45) is 4.99 Å². The summed E-state index contributed by atoms with van der Waals surface area (Å²) in [5.74, 6) is 0.507. The number of para-hydroxylation sites is 3. The van der Waals surface area contributed by atoms with Crippen LogP contribution in [0.4, 0.5) is 11.4 Å². The minimum atomic E-state index is -0.137. The van der Waals surface area contributed by atoms with Crippen LogP contribution in [0, 0.1) is 13.8 Å². The van der Waals surface area contributed by atoms with Crippen LogP contribution in [0.3, 0.4) is 0 Å². The summed E-state index contributed by atoms with van der Waals surface area (Å²) in [7, 11) is 0. The normalized spacial score (nSPS) is 15.5. The van der Waals surface area contributed by atoms with Crippen molar-refractivity contribution < 1.29 is 9.53 Å². The van der Waals surface area contributed by atoms with Gasteiger partial charge in [0.05, 0.1) is 16.3 Å². The number of carbonyl (C=O) groups excluding carboxylic acids is 1. The van der Waals surface area contributed by atoms with Crippen molar-refractivity contribution in [1.29, 1.82) is 0 Å². The Balaban J connectivity index is 1.50. The molecule has 1 fully saturated rings. The van der Waals surface area contributed by atoms with Crippen molar-refractivity contribution >= 4 is 63.5 Å². The fourth-order valence-corrected chi connectivity index (χ4v) is 5.54. The van der Waals surface area contributed by atoms with Gasteiger partial charge in [0.25, 0.3) is 5.91 Å². The highest BCUT2D eigenvalue weighted by atomic mass is 35.5. The highest BCUT2D eigenvalue weighted by Crippen LogP contribution is 2.39. The van der Waals surface area contributed by atoms with Crippen molar-refractivity contribution in [3.8, 4) is 5.75 Å². The summed E-state index contributed by atoms with van der Waals surface area (Å²) in [6, 6.07) is 28.6. The lowest BCUT2D eigenvalue weighted by Crippen LogP contribution is -2.28. The molecule has 0 N–H and O–H groups in total. The number of thioether (sulfide) groups is 1. The van der Waals surface area contributed by atoms with Gasteiger partial charge in [0.15, 0.2) is 5.17 Å². The molecule has 4 aromatic carbocycles. The molecule has 0 saturated carbocycles. The van der Waals surface area contributed by atoms with E-state index in [1.165, 1.54) is 11.8 Å². The van der Waals surface area contributed by atoms with E-state index >= 15 is 0 Å². The Morgan fingerprint density at radius 2 is 1.61 bits per heavy atom. The van der Waals surface area contributed by atoms with E-state index in [2.05, 4.69) is 0 Å². The van der Waals surface area contributed by atoms with E-state index in [0.29, 0.717) is 25.9 Å². The van der Waals surface area contributed by atoms with Crippen LogP contribution >= 0.6 is 35.0 Å². The first-order valence-corrected chi connectivity index (χ1v) is 13.6. The Labute approximate surface area is 236 Å². The Bertz CT molecular complexity index is 1550. The topological polar surface area (TPSA) is 41.9 Å². The Kier molecular flexibility index (Phi) is 7.89. The number of aryl methyl sites for hydroxylation is 2. The molecule has 0 atom stereocenters. The van der Waals surface area contributed by atoms with Gasteiger partial charge in [-0.05, 0) is 73.1 Å². The van der Waals surface area contributed by atoms with Gasteiger partial charge in [-0.1, -0.05) is 83.9 Å². The van der Waals surface area contributed by atoms with E-state index in [-0.39, 0.29) is 12.5 Å². The minimum Gasteiger partial charge on any atom is -0.488 e. The molecule has 1 saturated heterocycles. The molecule has 1 aliphatic rings. The first kappa shape index (κ1) is 26.1. The van der Waals surface area contributed by atoms with Crippen LogP contribution in [0.1, 0.15) is 22.3 Å². The summed E-state index contributed by atoms with van der Waals surface area (Å²) < 4.78 is 6.12. The van der Waals surface area contributed by atoms with Crippen molar-refractivity contribution in [1.82, 2.24) is 0 Å². The molecule has 4 nitrogen and oxygen atoms in total. The summed E-state index contributed by atoms with van der Waals surface area (Å²) in [6.07, 6.45) is 1.86. The molecule has 190 valence electrons. The monoisotopic (exact) mass is 558 g/mol. The maximum atomic E-state index is 13.7. The SMILES string of the molecule is Cc1cccc(C)c1N=C1SC(=Cc2ccccc2OCc2ccc(Cl)cc2Cl)C(=O)N1c1ccccc1. The summed E-state index contributed by atoms with van der Waals surface area (Å²) >= 11 is 13.7. The standard InChI is InChI=1S/C31H24Cl2N2O2S/c1-20-9-8-10-21(2)29(20)34-31-35(25-12-4-3-5-13-25)30(36)28(38-31)17-22-11-6-7-14-27(22)37-19-23-15-16-24(32)18-26(23)33/h3-18H,19H2,1-2H3. The molecular weight excluding hydrogens is 535 g/mol. The number of amides is 1. The van der Waals surface area contributed by atoms with Crippen molar-refractivity contribution in [3.63, 3.8) is 0 Å². The molecule has 1 amide bonds. The molecule has 0 unspecified atom stereocenters. The molecule has 5 rings (SSSR count). The number of aliphatic imine (C=N–C) groups is 1. The zero-order valence-corrected chi connectivity index (χ0v) is 23.1. The third-order valence-corrected chi connectivity index (χ3v) is 7.63. The maximum absolute atomic E-state index is 13.7. The fraction of sp³-hybridized carbons (Fsp3) is 0.0968. The average Bonchev–Trinajstić information content (AvgIpc) is 3.21. The van der Waals surface area contributed by atoms with Crippen LogP contribution < -0.4 is 9.64 Å². The molecular formula is C31H24Cl2N2O2S. The molecule has 4 aromatic rings. The highest BCUT2D eigenvalue weighted by molar-refractivity contribution is 8.19. The smallest absolute Gasteiger partial charge is 0.271 e. The number of hydrogen-bond donors (Lipinski definition) is 0. The van der Waals surface area contributed by atoms with Gasteiger partial charge < -0.3 is 4.74 Å². The molecule has 0 aliphatic carbocycles. The third kappa shape index (κ3) is 5.65.